The van der Waals surface area contributed by atoms with Crippen molar-refractivity contribution in [2.75, 3.05) is 53.4 Å². The predicted octanol–water partition coefficient (Wildman–Crippen LogP) is 3.77. The molecule has 0 radical (unpaired) electrons. The molecule has 0 N–H and O–H groups in total. The Balaban J connectivity index is 1.19. The number of halogens is 2. The van der Waals surface area contributed by atoms with E-state index in [9.17, 15) is 13.2 Å². The van der Waals surface area contributed by atoms with Crippen molar-refractivity contribution >= 4 is 50.0 Å². The second-order valence-corrected chi connectivity index (χ2v) is 14.2. The Bertz CT molecular complexity index is 1320. The normalized spacial score (nSPS) is 21.0. The van der Waals surface area contributed by atoms with Crippen LogP contribution in [0.5, 0.6) is 0 Å². The number of piperidine rings is 1. The van der Waals surface area contributed by atoms with Gasteiger partial charge in [0.25, 0.3) is 0 Å². The average molecular weight is 652 g/mol. The molecule has 2 aliphatic heterocycles. The van der Waals surface area contributed by atoms with Crippen LogP contribution in [0.4, 0.5) is 0 Å². The van der Waals surface area contributed by atoms with Gasteiger partial charge < -0.3 is 9.80 Å². The summed E-state index contributed by atoms with van der Waals surface area (Å²) in [6, 6.07) is 8.42. The minimum absolute atomic E-state index is 0.0393. The molecular weight excluding hydrogens is 616 g/mol. The molecule has 2 fully saturated rings. The number of likely N-dealkylation sites (tertiary alicyclic amines) is 1. The molecule has 1 unspecified atom stereocenters. The summed E-state index contributed by atoms with van der Waals surface area (Å²) in [5, 5.41) is 0.754. The first kappa shape index (κ1) is 29.4. The van der Waals surface area contributed by atoms with Gasteiger partial charge in [0, 0.05) is 75.5 Å². The number of amides is 1. The van der Waals surface area contributed by atoms with E-state index in [1.54, 1.807) is 0 Å². The number of benzene rings is 1. The third kappa shape index (κ3) is 6.70. The van der Waals surface area contributed by atoms with Gasteiger partial charge in [0.1, 0.15) is 6.34 Å². The van der Waals surface area contributed by atoms with Gasteiger partial charge in [0.05, 0.1) is 11.7 Å². The number of piperazine rings is 1. The number of carbonyl (C=O) groups is 1. The molecule has 0 saturated carbocycles. The lowest BCUT2D eigenvalue weighted by atomic mass is 9.93. The van der Waals surface area contributed by atoms with Gasteiger partial charge in [0.15, 0.2) is 0 Å². The van der Waals surface area contributed by atoms with E-state index in [1.807, 2.05) is 22.1 Å². The second kappa shape index (κ2) is 12.4. The topological polar surface area (TPSA) is 89.4 Å². The van der Waals surface area contributed by atoms with Crippen LogP contribution in [-0.4, -0.2) is 98.0 Å². The number of aryl methyl sites for hydroxylation is 2. The Morgan fingerprint density at radius 3 is 2.50 bits per heavy atom. The van der Waals surface area contributed by atoms with Crippen molar-refractivity contribution in [3.8, 4) is 0 Å². The highest BCUT2D eigenvalue weighted by atomic mass is 79.9. The number of aromatic nitrogens is 1. The van der Waals surface area contributed by atoms with Crippen LogP contribution >= 0.6 is 27.5 Å². The lowest BCUT2D eigenvalue weighted by Gasteiger charge is -2.40. The van der Waals surface area contributed by atoms with Gasteiger partial charge in [0.2, 0.25) is 5.91 Å². The van der Waals surface area contributed by atoms with Gasteiger partial charge in [-0.25, -0.2) is 0 Å². The summed E-state index contributed by atoms with van der Waals surface area (Å²) in [5.74, 6) is 0.506. The van der Waals surface area contributed by atoms with Crippen molar-refractivity contribution < 1.29 is 13.2 Å². The van der Waals surface area contributed by atoms with E-state index in [-0.39, 0.29) is 11.9 Å². The van der Waals surface area contributed by atoms with Crippen molar-refractivity contribution in [1.82, 2.24) is 24.0 Å². The summed E-state index contributed by atoms with van der Waals surface area (Å²) in [6.07, 6.45) is 7.36. The second-order valence-electron chi connectivity index (χ2n) is 11.0. The fourth-order valence-corrected chi connectivity index (χ4v) is 6.90. The van der Waals surface area contributed by atoms with Crippen molar-refractivity contribution in [3.05, 3.63) is 62.3 Å². The third-order valence-electron chi connectivity index (χ3n) is 8.24. The van der Waals surface area contributed by atoms with E-state index in [0.717, 1.165) is 58.3 Å². The molecule has 9 nitrogen and oxygen atoms in total. The van der Waals surface area contributed by atoms with E-state index >= 15 is 0 Å². The molecule has 216 valence electrons. The zero-order valence-corrected chi connectivity index (χ0v) is 26.1. The summed E-state index contributed by atoms with van der Waals surface area (Å²) >= 11 is 9.96. The molecular formula is C28H36BrClN6O3S. The monoisotopic (exact) mass is 650 g/mol. The van der Waals surface area contributed by atoms with Gasteiger partial charge in [-0.15, -0.1) is 4.40 Å². The largest absolute Gasteiger partial charge is 0.362 e. The van der Waals surface area contributed by atoms with E-state index < -0.39 is 10.2 Å². The van der Waals surface area contributed by atoms with Crippen LogP contribution < -0.4 is 0 Å². The summed E-state index contributed by atoms with van der Waals surface area (Å²) in [4.78, 5) is 24.5. The molecule has 1 atom stereocenters. The fourth-order valence-electron chi connectivity index (χ4n) is 5.88. The van der Waals surface area contributed by atoms with Crippen LogP contribution in [0.25, 0.3) is 0 Å². The average Bonchev–Trinajstić information content (AvgIpc) is 3.09. The van der Waals surface area contributed by atoms with Crippen LogP contribution in [0.1, 0.15) is 47.7 Å². The number of pyridine rings is 1. The first-order valence-corrected chi connectivity index (χ1v) is 16.3. The van der Waals surface area contributed by atoms with Crippen LogP contribution in [0.3, 0.4) is 0 Å². The lowest BCUT2D eigenvalue weighted by molar-refractivity contribution is -0.134. The van der Waals surface area contributed by atoms with Crippen LogP contribution in [0, 0.1) is 5.92 Å². The van der Waals surface area contributed by atoms with Crippen molar-refractivity contribution in [3.63, 3.8) is 0 Å². The molecule has 3 heterocycles. The maximum Gasteiger partial charge on any atom is 0.323 e. The Morgan fingerprint density at radius 2 is 1.80 bits per heavy atom. The Morgan fingerprint density at radius 1 is 1.10 bits per heavy atom. The first-order chi connectivity index (χ1) is 19.1. The fraction of sp³-hybridized carbons (Fsp3) is 0.536. The summed E-state index contributed by atoms with van der Waals surface area (Å²) in [5.41, 5.74) is 4.87. The number of nitrogens with zero attached hydrogens (tertiary/aromatic N) is 6. The number of carbonyl (C=O) groups excluding carboxylic acids is 1. The quantitative estimate of drug-likeness (QED) is 0.349. The lowest BCUT2D eigenvalue weighted by Crippen LogP contribution is -2.50. The van der Waals surface area contributed by atoms with Crippen LogP contribution in [0.15, 0.2) is 39.3 Å². The summed E-state index contributed by atoms with van der Waals surface area (Å²) in [6.45, 7) is 4.35. The smallest absolute Gasteiger partial charge is 0.323 e. The molecule has 2 saturated heterocycles. The predicted molar refractivity (Wildman–Crippen MR) is 161 cm³/mol. The molecule has 1 aliphatic carbocycles. The van der Waals surface area contributed by atoms with E-state index in [1.165, 1.54) is 37.1 Å². The SMILES string of the molecule is CN(C)S(=O)(=O)/N=C/N1CCC(CC(=O)N2CCN(C3c4ccc(Cl)cc4CCc4cc(Br)cnc43)CC2)CC1. The molecule has 2 aromatic rings. The minimum atomic E-state index is -3.61. The molecule has 3 aliphatic rings. The maximum absolute atomic E-state index is 13.2. The Hall–Kier alpha value is -2.05. The van der Waals surface area contributed by atoms with Gasteiger partial charge in [-0.1, -0.05) is 17.7 Å². The van der Waals surface area contributed by atoms with E-state index in [0.29, 0.717) is 38.5 Å². The molecule has 0 spiro atoms. The molecule has 0 bridgehead atoms. The Kier molecular flexibility index (Phi) is 9.16. The standard InChI is InChI=1S/C28H36BrClN6O3S/c1-33(2)40(38,39)32-19-34-9-7-20(8-10-34)15-26(37)35-11-13-36(14-12-35)28-25-6-5-24(30)17-21(25)3-4-22-16-23(29)18-31-27(22)28/h5-6,16-20,28H,3-4,7-15H2,1-2H3/b32-19+. The number of rotatable bonds is 6. The van der Waals surface area contributed by atoms with E-state index in [2.05, 4.69) is 43.4 Å². The molecule has 1 amide bonds. The first-order valence-electron chi connectivity index (χ1n) is 13.8. The number of hydrogen-bond donors (Lipinski definition) is 0. The van der Waals surface area contributed by atoms with Crippen molar-refractivity contribution in [2.24, 2.45) is 10.3 Å². The highest BCUT2D eigenvalue weighted by molar-refractivity contribution is 9.10. The number of fused-ring (bicyclic) bond motifs is 2. The zero-order chi connectivity index (χ0) is 28.4. The zero-order valence-electron chi connectivity index (χ0n) is 23.0. The summed E-state index contributed by atoms with van der Waals surface area (Å²) < 4.78 is 29.6. The Labute approximate surface area is 250 Å². The van der Waals surface area contributed by atoms with Gasteiger partial charge in [-0.05, 0) is 82.4 Å². The molecule has 40 heavy (non-hydrogen) atoms. The highest BCUT2D eigenvalue weighted by Crippen LogP contribution is 2.38. The van der Waals surface area contributed by atoms with E-state index in [4.69, 9.17) is 16.6 Å². The highest BCUT2D eigenvalue weighted by Gasteiger charge is 2.34. The van der Waals surface area contributed by atoms with Crippen molar-refractivity contribution in [2.45, 2.75) is 38.1 Å². The molecule has 12 heteroatoms. The summed E-state index contributed by atoms with van der Waals surface area (Å²) in [7, 11) is -0.686. The number of hydrogen-bond acceptors (Lipinski definition) is 5. The molecule has 1 aromatic carbocycles. The molecule has 5 rings (SSSR count). The van der Waals surface area contributed by atoms with Crippen LogP contribution in [-0.2, 0) is 27.8 Å². The third-order valence-corrected chi connectivity index (χ3v) is 10.2. The van der Waals surface area contributed by atoms with Crippen LogP contribution in [0.2, 0.25) is 5.02 Å². The molecule has 1 aromatic heterocycles. The van der Waals surface area contributed by atoms with Gasteiger partial charge in [-0.3, -0.25) is 14.7 Å². The minimum Gasteiger partial charge on any atom is -0.362 e. The maximum atomic E-state index is 13.2. The van der Waals surface area contributed by atoms with Gasteiger partial charge >= 0.3 is 10.2 Å². The van der Waals surface area contributed by atoms with Gasteiger partial charge in [-0.2, -0.15) is 12.7 Å². The van der Waals surface area contributed by atoms with Crippen molar-refractivity contribution in [1.29, 1.82) is 0 Å².